The van der Waals surface area contributed by atoms with E-state index in [0.717, 1.165) is 5.92 Å². The van der Waals surface area contributed by atoms with Crippen LogP contribution in [0.1, 0.15) is 52.4 Å². The molecule has 1 aliphatic carbocycles. The van der Waals surface area contributed by atoms with Crippen molar-refractivity contribution < 1.29 is 0 Å². The predicted octanol–water partition coefficient (Wildman–Crippen LogP) is 3.32. The van der Waals surface area contributed by atoms with E-state index in [-0.39, 0.29) is 5.31 Å². The van der Waals surface area contributed by atoms with Gasteiger partial charge in [-0.15, -0.1) is 0 Å². The van der Waals surface area contributed by atoms with Crippen molar-refractivity contribution in [2.75, 3.05) is 0 Å². The Bertz CT molecular complexity index is 106. The number of hydrogen-bond acceptors (Lipinski definition) is 0. The van der Waals surface area contributed by atoms with Crippen molar-refractivity contribution >= 4 is 7.85 Å². The van der Waals surface area contributed by atoms with Crippen LogP contribution in [0.2, 0.25) is 5.31 Å². The van der Waals surface area contributed by atoms with E-state index in [0.29, 0.717) is 0 Å². The number of rotatable bonds is 0. The third-order valence-electron chi connectivity index (χ3n) is 2.89. The number of hydrogen-bond donors (Lipinski definition) is 0. The summed E-state index contributed by atoms with van der Waals surface area (Å²) in [6.07, 6.45) is 7.86. The van der Waals surface area contributed by atoms with Gasteiger partial charge in [-0.1, -0.05) is 57.7 Å². The molecule has 0 N–H and O–H groups in total. The molecule has 1 rings (SSSR count). The van der Waals surface area contributed by atoms with Gasteiger partial charge >= 0.3 is 0 Å². The highest BCUT2D eigenvalue weighted by Gasteiger charge is 2.19. The molecule has 0 aromatic heterocycles. The van der Waals surface area contributed by atoms with Gasteiger partial charge in [-0.05, 0) is 5.92 Å². The maximum Gasteiger partial charge on any atom is 0.0742 e. The predicted molar refractivity (Wildman–Crippen MR) is 51.0 cm³/mol. The second-order valence-electron chi connectivity index (χ2n) is 4.54. The molecule has 0 bridgehead atoms. The first-order valence-corrected chi connectivity index (χ1v) is 4.89. The van der Waals surface area contributed by atoms with Crippen LogP contribution in [0.15, 0.2) is 0 Å². The Labute approximate surface area is 72.2 Å². The molecule has 0 saturated heterocycles. The van der Waals surface area contributed by atoms with Crippen molar-refractivity contribution in [1.82, 2.24) is 0 Å². The van der Waals surface area contributed by atoms with Crippen LogP contribution in [0, 0.1) is 5.92 Å². The quantitative estimate of drug-likeness (QED) is 0.464. The molecule has 0 nitrogen and oxygen atoms in total. The van der Waals surface area contributed by atoms with Crippen molar-refractivity contribution in [2.24, 2.45) is 5.92 Å². The fourth-order valence-electron chi connectivity index (χ4n) is 1.98. The highest BCUT2D eigenvalue weighted by molar-refractivity contribution is 6.14. The summed E-state index contributed by atoms with van der Waals surface area (Å²) in [7, 11) is 6.09. The third kappa shape index (κ3) is 3.31. The highest BCUT2D eigenvalue weighted by atomic mass is 14.2. The van der Waals surface area contributed by atoms with Crippen molar-refractivity contribution in [2.45, 2.75) is 57.7 Å². The smallest absolute Gasteiger partial charge is 0.0688 e. The molecule has 0 atom stereocenters. The lowest BCUT2D eigenvalue weighted by atomic mass is 9.63. The summed E-state index contributed by atoms with van der Waals surface area (Å²) in [6, 6.07) is 0. The molecule has 1 aliphatic rings. The molecule has 0 heterocycles. The van der Waals surface area contributed by atoms with Crippen molar-refractivity contribution in [3.63, 3.8) is 0 Å². The lowest BCUT2D eigenvalue weighted by molar-refractivity contribution is 0.358. The molecule has 1 heteroatoms. The van der Waals surface area contributed by atoms with E-state index in [1.165, 1.54) is 38.5 Å². The van der Waals surface area contributed by atoms with Gasteiger partial charge in [0.1, 0.15) is 0 Å². The first-order chi connectivity index (χ1) is 5.10. The Balaban J connectivity index is 2.35. The molecule has 0 aromatic rings. The second-order valence-corrected chi connectivity index (χ2v) is 4.54. The monoisotopic (exact) mass is 150 g/mol. The van der Waals surface area contributed by atoms with E-state index >= 15 is 0 Å². The lowest BCUT2D eigenvalue weighted by Crippen LogP contribution is -2.12. The SMILES string of the molecule is [B]C1(C)CCCC(C)CCC1. The molecule has 11 heavy (non-hydrogen) atoms. The zero-order valence-corrected chi connectivity index (χ0v) is 7.90. The van der Waals surface area contributed by atoms with Crippen LogP contribution in [-0.4, -0.2) is 7.85 Å². The molecule has 0 unspecified atom stereocenters. The summed E-state index contributed by atoms with van der Waals surface area (Å²) in [5, 5.41) is 0.139. The molecular formula is C10H19B. The Morgan fingerprint density at radius 1 is 1.18 bits per heavy atom. The Morgan fingerprint density at radius 2 is 1.64 bits per heavy atom. The topological polar surface area (TPSA) is 0 Å². The Hall–Kier alpha value is 0.0649. The maximum atomic E-state index is 6.09. The van der Waals surface area contributed by atoms with Crippen molar-refractivity contribution in [1.29, 1.82) is 0 Å². The summed E-state index contributed by atoms with van der Waals surface area (Å²) in [4.78, 5) is 0. The first-order valence-electron chi connectivity index (χ1n) is 4.89. The molecule has 0 spiro atoms. The summed E-state index contributed by atoms with van der Waals surface area (Å²) in [6.45, 7) is 4.56. The van der Waals surface area contributed by atoms with E-state index < -0.39 is 0 Å². The van der Waals surface area contributed by atoms with Gasteiger partial charge in [-0.3, -0.25) is 0 Å². The largest absolute Gasteiger partial charge is 0.0742 e. The summed E-state index contributed by atoms with van der Waals surface area (Å²) in [5.74, 6) is 0.936. The van der Waals surface area contributed by atoms with E-state index in [9.17, 15) is 0 Å². The normalized spacial score (nSPS) is 41.1. The van der Waals surface area contributed by atoms with Crippen LogP contribution in [0.25, 0.3) is 0 Å². The first kappa shape index (κ1) is 9.16. The van der Waals surface area contributed by atoms with E-state index in [4.69, 9.17) is 7.85 Å². The summed E-state index contributed by atoms with van der Waals surface area (Å²) < 4.78 is 0. The average Bonchev–Trinajstić information content (AvgIpc) is 1.83. The average molecular weight is 150 g/mol. The van der Waals surface area contributed by atoms with Gasteiger partial charge in [0, 0.05) is 0 Å². The third-order valence-corrected chi connectivity index (χ3v) is 2.89. The Morgan fingerprint density at radius 3 is 2.09 bits per heavy atom. The summed E-state index contributed by atoms with van der Waals surface area (Å²) >= 11 is 0. The Kier molecular flexibility index (Phi) is 3.03. The standard InChI is InChI=1S/C10H19B/c1-9-5-3-7-10(2,11)8-4-6-9/h9H,3-8H2,1-2H3. The van der Waals surface area contributed by atoms with Gasteiger partial charge in [0.2, 0.25) is 0 Å². The minimum atomic E-state index is 0.139. The maximum absolute atomic E-state index is 6.09. The molecule has 1 fully saturated rings. The minimum absolute atomic E-state index is 0.139. The zero-order chi connectivity index (χ0) is 8.32. The van der Waals surface area contributed by atoms with E-state index in [1.807, 2.05) is 0 Å². The lowest BCUT2D eigenvalue weighted by Gasteiger charge is -2.29. The van der Waals surface area contributed by atoms with Crippen LogP contribution in [0.3, 0.4) is 0 Å². The van der Waals surface area contributed by atoms with Gasteiger partial charge < -0.3 is 0 Å². The van der Waals surface area contributed by atoms with Gasteiger partial charge in [0.25, 0.3) is 0 Å². The van der Waals surface area contributed by atoms with Crippen LogP contribution in [0.4, 0.5) is 0 Å². The minimum Gasteiger partial charge on any atom is -0.0688 e. The van der Waals surface area contributed by atoms with Gasteiger partial charge in [0.05, 0.1) is 7.85 Å². The summed E-state index contributed by atoms with van der Waals surface area (Å²) in [5.41, 5.74) is 0. The van der Waals surface area contributed by atoms with Gasteiger partial charge in [0.15, 0.2) is 0 Å². The van der Waals surface area contributed by atoms with Crippen molar-refractivity contribution in [3.8, 4) is 0 Å². The molecule has 62 valence electrons. The van der Waals surface area contributed by atoms with Crippen LogP contribution in [-0.2, 0) is 0 Å². The van der Waals surface area contributed by atoms with Gasteiger partial charge in [-0.25, -0.2) is 0 Å². The van der Waals surface area contributed by atoms with Crippen molar-refractivity contribution in [3.05, 3.63) is 0 Å². The van der Waals surface area contributed by atoms with Crippen LogP contribution < -0.4 is 0 Å². The zero-order valence-electron chi connectivity index (χ0n) is 7.90. The fourth-order valence-corrected chi connectivity index (χ4v) is 1.98. The second kappa shape index (κ2) is 3.64. The molecule has 1 saturated carbocycles. The van der Waals surface area contributed by atoms with Gasteiger partial charge in [-0.2, -0.15) is 0 Å². The van der Waals surface area contributed by atoms with E-state index in [1.54, 1.807) is 0 Å². The molecule has 0 amide bonds. The molecule has 0 aliphatic heterocycles. The highest BCUT2D eigenvalue weighted by Crippen LogP contribution is 2.37. The molecule has 0 aromatic carbocycles. The van der Waals surface area contributed by atoms with E-state index in [2.05, 4.69) is 13.8 Å². The van der Waals surface area contributed by atoms with Crippen LogP contribution in [0.5, 0.6) is 0 Å². The fraction of sp³-hybridized carbons (Fsp3) is 1.00. The molecular weight excluding hydrogens is 131 g/mol. The van der Waals surface area contributed by atoms with Crippen LogP contribution >= 0.6 is 0 Å². The molecule has 2 radical (unpaired) electrons.